The summed E-state index contributed by atoms with van der Waals surface area (Å²) in [4.78, 5) is 29.0. The minimum atomic E-state index is -1.06. The van der Waals surface area contributed by atoms with Crippen LogP contribution in [0.3, 0.4) is 0 Å². The number of likely N-dealkylation sites (N-methyl/N-ethyl adjacent to an activating group) is 1. The van der Waals surface area contributed by atoms with Gasteiger partial charge in [0.25, 0.3) is 0 Å². The van der Waals surface area contributed by atoms with Gasteiger partial charge >= 0.3 is 11.9 Å². The molecule has 0 aromatic carbocycles. The molecule has 0 saturated heterocycles. The summed E-state index contributed by atoms with van der Waals surface area (Å²) >= 11 is 0. The fourth-order valence-corrected chi connectivity index (χ4v) is 0.364. The summed E-state index contributed by atoms with van der Waals surface area (Å²) in [6.45, 7) is 1.29. The summed E-state index contributed by atoms with van der Waals surface area (Å²) in [6, 6.07) is 0. The zero-order chi connectivity index (χ0) is 10.9. The maximum Gasteiger partial charge on any atom is 0.317 e. The Morgan fingerprint density at radius 3 is 1.62 bits per heavy atom. The fraction of sp³-hybridized carbons (Fsp3) is 0.571. The predicted octanol–water partition coefficient (Wildman–Crippen LogP) is -0.659. The standard InChI is InChI=1S/C4H6O3.C3H7NO2/c1-3(5)2-4(6)7;1-4-2-3(5)6/h2H2,1H3,(H,6,7);4H,2H2,1H3,(H,5,6). The molecule has 6 heteroatoms. The number of hydrogen-bond donors (Lipinski definition) is 3. The molecule has 0 fully saturated rings. The van der Waals surface area contributed by atoms with Crippen molar-refractivity contribution >= 4 is 17.7 Å². The summed E-state index contributed by atoms with van der Waals surface area (Å²) in [6.07, 6.45) is -0.361. The van der Waals surface area contributed by atoms with Crippen LogP contribution < -0.4 is 5.32 Å². The highest BCUT2D eigenvalue weighted by atomic mass is 16.4. The molecule has 0 radical (unpaired) electrons. The first kappa shape index (κ1) is 14.1. The van der Waals surface area contributed by atoms with Crippen LogP contribution in [0.25, 0.3) is 0 Å². The number of carbonyl (C=O) groups excluding carboxylic acids is 1. The Kier molecular flexibility index (Phi) is 9.41. The average Bonchev–Trinajstić information content (AvgIpc) is 1.83. The van der Waals surface area contributed by atoms with Gasteiger partial charge in [-0.15, -0.1) is 0 Å². The topological polar surface area (TPSA) is 104 Å². The number of carbonyl (C=O) groups is 3. The molecule has 0 aliphatic heterocycles. The molecule has 0 atom stereocenters. The second-order valence-corrected chi connectivity index (χ2v) is 2.20. The van der Waals surface area contributed by atoms with E-state index in [1.807, 2.05) is 0 Å². The van der Waals surface area contributed by atoms with Crippen molar-refractivity contribution in [1.82, 2.24) is 5.32 Å². The van der Waals surface area contributed by atoms with E-state index in [0.29, 0.717) is 0 Å². The molecule has 76 valence electrons. The highest BCUT2D eigenvalue weighted by molar-refractivity contribution is 5.93. The molecule has 6 nitrogen and oxygen atoms in total. The lowest BCUT2D eigenvalue weighted by atomic mass is 10.3. The van der Waals surface area contributed by atoms with Crippen molar-refractivity contribution in [3.63, 3.8) is 0 Å². The number of carboxylic acid groups (broad SMARTS) is 2. The van der Waals surface area contributed by atoms with Crippen LogP contribution >= 0.6 is 0 Å². The van der Waals surface area contributed by atoms with Crippen LogP contribution in [-0.2, 0) is 14.4 Å². The first-order chi connectivity index (χ1) is 5.90. The Balaban J connectivity index is 0. The van der Waals surface area contributed by atoms with Crippen molar-refractivity contribution in [3.8, 4) is 0 Å². The quantitative estimate of drug-likeness (QED) is 0.509. The smallest absolute Gasteiger partial charge is 0.317 e. The van der Waals surface area contributed by atoms with Gasteiger partial charge in [0, 0.05) is 0 Å². The van der Waals surface area contributed by atoms with Crippen LogP contribution in [0.15, 0.2) is 0 Å². The van der Waals surface area contributed by atoms with E-state index in [1.165, 1.54) is 6.92 Å². The van der Waals surface area contributed by atoms with E-state index in [2.05, 4.69) is 5.32 Å². The number of ketones is 1. The second-order valence-electron chi connectivity index (χ2n) is 2.20. The molecule has 0 aliphatic carbocycles. The normalized spacial score (nSPS) is 8.15. The Bertz CT molecular complexity index is 177. The predicted molar refractivity (Wildman–Crippen MR) is 44.5 cm³/mol. The largest absolute Gasteiger partial charge is 0.481 e. The molecule has 0 unspecified atom stereocenters. The number of Topliss-reactive ketones (excluding diaryl/α,β-unsaturated/α-hetero) is 1. The SMILES string of the molecule is CC(=O)CC(=O)O.CNCC(=O)O. The molecule has 0 rings (SSSR count). The fourth-order valence-electron chi connectivity index (χ4n) is 0.364. The summed E-state index contributed by atoms with van der Waals surface area (Å²) in [7, 11) is 1.59. The lowest BCUT2D eigenvalue weighted by molar-refractivity contribution is -0.140. The van der Waals surface area contributed by atoms with Crippen LogP contribution in [0, 0.1) is 0 Å². The molecule has 13 heavy (non-hydrogen) atoms. The van der Waals surface area contributed by atoms with Gasteiger partial charge in [-0.1, -0.05) is 0 Å². The van der Waals surface area contributed by atoms with E-state index in [9.17, 15) is 14.4 Å². The van der Waals surface area contributed by atoms with E-state index in [0.717, 1.165) is 0 Å². The van der Waals surface area contributed by atoms with Gasteiger partial charge < -0.3 is 15.5 Å². The van der Waals surface area contributed by atoms with Crippen molar-refractivity contribution in [2.24, 2.45) is 0 Å². The average molecular weight is 191 g/mol. The van der Waals surface area contributed by atoms with E-state index in [1.54, 1.807) is 7.05 Å². The summed E-state index contributed by atoms with van der Waals surface area (Å²) in [5, 5.41) is 18.2. The van der Waals surface area contributed by atoms with Crippen molar-refractivity contribution in [3.05, 3.63) is 0 Å². The van der Waals surface area contributed by atoms with Gasteiger partial charge in [0.05, 0.1) is 6.54 Å². The van der Waals surface area contributed by atoms with Gasteiger partial charge in [-0.25, -0.2) is 0 Å². The Hall–Kier alpha value is -1.43. The van der Waals surface area contributed by atoms with Gasteiger partial charge in [-0.2, -0.15) is 0 Å². The van der Waals surface area contributed by atoms with Crippen LogP contribution in [0.4, 0.5) is 0 Å². The van der Waals surface area contributed by atoms with Crippen molar-refractivity contribution in [2.45, 2.75) is 13.3 Å². The third-order valence-corrected chi connectivity index (χ3v) is 0.728. The van der Waals surface area contributed by atoms with E-state index in [-0.39, 0.29) is 18.7 Å². The third kappa shape index (κ3) is 25.0. The van der Waals surface area contributed by atoms with Crippen LogP contribution in [0.5, 0.6) is 0 Å². The third-order valence-electron chi connectivity index (χ3n) is 0.728. The molecule has 0 saturated carbocycles. The Morgan fingerprint density at radius 1 is 1.15 bits per heavy atom. The maximum absolute atomic E-state index is 9.87. The van der Waals surface area contributed by atoms with Gasteiger partial charge in [0.1, 0.15) is 12.2 Å². The van der Waals surface area contributed by atoms with Crippen molar-refractivity contribution < 1.29 is 24.6 Å². The van der Waals surface area contributed by atoms with E-state index >= 15 is 0 Å². The minimum Gasteiger partial charge on any atom is -0.481 e. The van der Waals surface area contributed by atoms with Gasteiger partial charge in [-0.05, 0) is 14.0 Å². The Labute approximate surface area is 75.6 Å². The van der Waals surface area contributed by atoms with Crippen molar-refractivity contribution in [1.29, 1.82) is 0 Å². The van der Waals surface area contributed by atoms with Gasteiger partial charge in [0.15, 0.2) is 0 Å². The molecule has 0 aromatic heterocycles. The zero-order valence-corrected chi connectivity index (χ0v) is 7.53. The number of hydrogen-bond acceptors (Lipinski definition) is 4. The van der Waals surface area contributed by atoms with E-state index < -0.39 is 11.9 Å². The number of rotatable bonds is 4. The number of aliphatic carboxylic acids is 2. The minimum absolute atomic E-state index is 0.0417. The lowest BCUT2D eigenvalue weighted by Crippen LogP contribution is -2.16. The summed E-state index contributed by atoms with van der Waals surface area (Å²) < 4.78 is 0. The molecule has 3 N–H and O–H groups in total. The first-order valence-corrected chi connectivity index (χ1v) is 3.47. The highest BCUT2D eigenvalue weighted by Gasteiger charge is 1.98. The molecule has 0 bridgehead atoms. The van der Waals surface area contributed by atoms with Crippen molar-refractivity contribution in [2.75, 3.05) is 13.6 Å². The van der Waals surface area contributed by atoms with Gasteiger partial charge in [0.2, 0.25) is 0 Å². The highest BCUT2D eigenvalue weighted by Crippen LogP contribution is 1.77. The van der Waals surface area contributed by atoms with Crippen LogP contribution in [0.1, 0.15) is 13.3 Å². The number of nitrogens with one attached hydrogen (secondary N) is 1. The van der Waals surface area contributed by atoms with E-state index in [4.69, 9.17) is 10.2 Å². The van der Waals surface area contributed by atoms with Gasteiger partial charge in [-0.3, -0.25) is 14.4 Å². The molecular weight excluding hydrogens is 178 g/mol. The van der Waals surface area contributed by atoms with Crippen LogP contribution in [0.2, 0.25) is 0 Å². The Morgan fingerprint density at radius 2 is 1.62 bits per heavy atom. The molecule has 0 aromatic rings. The van der Waals surface area contributed by atoms with Crippen LogP contribution in [-0.4, -0.2) is 41.5 Å². The lowest BCUT2D eigenvalue weighted by Gasteiger charge is -1.84. The molecule has 0 heterocycles. The molecule has 0 spiro atoms. The second kappa shape index (κ2) is 8.66. The monoisotopic (exact) mass is 191 g/mol. The molecule has 0 aliphatic rings. The summed E-state index contributed by atoms with van der Waals surface area (Å²) in [5.74, 6) is -2.20. The molecular formula is C7H13NO5. The number of carboxylic acids is 2. The zero-order valence-electron chi connectivity index (χ0n) is 7.53. The summed E-state index contributed by atoms with van der Waals surface area (Å²) in [5.41, 5.74) is 0. The maximum atomic E-state index is 9.87. The molecule has 0 amide bonds. The first-order valence-electron chi connectivity index (χ1n) is 3.47.